The van der Waals surface area contributed by atoms with Crippen molar-refractivity contribution in [1.82, 2.24) is 15.0 Å². The number of rotatable bonds is 4. The van der Waals surface area contributed by atoms with Crippen molar-refractivity contribution in [2.24, 2.45) is 0 Å². The number of aromatic hydroxyl groups is 1. The quantitative estimate of drug-likeness (QED) is 0.249. The van der Waals surface area contributed by atoms with Gasteiger partial charge < -0.3 is 39.2 Å². The number of phenols is 1. The van der Waals surface area contributed by atoms with Crippen molar-refractivity contribution in [1.29, 1.82) is 0 Å². The first-order valence-electron chi connectivity index (χ1n) is 13.6. The van der Waals surface area contributed by atoms with Gasteiger partial charge in [-0.3, -0.25) is 0 Å². The molecular formula is C31H27F3N4O6. The number of aromatic amines is 2. The van der Waals surface area contributed by atoms with Gasteiger partial charge in [-0.25, -0.2) is 4.98 Å². The number of hydrogen-bond donors (Lipinski definition) is 3. The standard InChI is InChI=1S/C29H26N4O4.C2HF3O2/c1-35-20-12-5-8-16-23-21(36-2)13-30-28(29(23)32-26(16)20)18-10-6-9-17-27-24(22(37-3)14-33(17)18)15-7-4-11-19(34)25(15)31-27;3-2(4,5)1(6)7/h4-5,7-8,11-14,18H,6,9-10H2,1-3H3,(H2,30,32,34);(H,6,7)/t18-;/m1./s1. The maximum absolute atomic E-state index is 10.5. The van der Waals surface area contributed by atoms with Crippen LogP contribution in [0.1, 0.15) is 30.3 Å². The van der Waals surface area contributed by atoms with Crippen LogP contribution in [0.3, 0.4) is 0 Å². The summed E-state index contributed by atoms with van der Waals surface area (Å²) in [7, 11) is 5.04. The van der Waals surface area contributed by atoms with Crippen molar-refractivity contribution < 1.29 is 47.0 Å². The van der Waals surface area contributed by atoms with E-state index in [1.807, 2.05) is 30.5 Å². The lowest BCUT2D eigenvalue weighted by atomic mass is 9.95. The summed E-state index contributed by atoms with van der Waals surface area (Å²) >= 11 is 0. The molecular weight excluding hydrogens is 581 g/mol. The summed E-state index contributed by atoms with van der Waals surface area (Å²) in [4.78, 5) is 20.8. The number of pyridine rings is 2. The number of carboxylic acid groups (broad SMARTS) is 1. The molecule has 2 aromatic carbocycles. The number of H-pyrrole nitrogens is 2. The van der Waals surface area contributed by atoms with Crippen LogP contribution in [-0.2, 0) is 11.2 Å². The number of aromatic nitrogens is 4. The third-order valence-corrected chi connectivity index (χ3v) is 7.97. The molecule has 0 saturated heterocycles. The van der Waals surface area contributed by atoms with Gasteiger partial charge in [-0.1, -0.05) is 24.3 Å². The zero-order valence-electron chi connectivity index (χ0n) is 23.8. The number of methoxy groups -OCH3 is 3. The van der Waals surface area contributed by atoms with Gasteiger partial charge in [-0.2, -0.15) is 17.7 Å². The Morgan fingerprint density at radius 1 is 0.932 bits per heavy atom. The molecule has 7 rings (SSSR count). The minimum Gasteiger partial charge on any atom is -0.542 e. The summed E-state index contributed by atoms with van der Waals surface area (Å²) in [6.45, 7) is 0. The van der Waals surface area contributed by atoms with Crippen LogP contribution in [0.5, 0.6) is 23.0 Å². The number of alkyl halides is 3. The molecule has 0 unspecified atom stereocenters. The van der Waals surface area contributed by atoms with Gasteiger partial charge in [0.15, 0.2) is 5.75 Å². The van der Waals surface area contributed by atoms with E-state index in [1.165, 1.54) is 5.69 Å². The number of halogens is 3. The van der Waals surface area contributed by atoms with Crippen LogP contribution in [0.15, 0.2) is 48.8 Å². The molecule has 0 saturated carbocycles. The fraction of sp³-hybridized carbons (Fsp3) is 0.258. The molecule has 1 aliphatic heterocycles. The maximum atomic E-state index is 10.5. The van der Waals surface area contributed by atoms with E-state index in [9.17, 15) is 18.3 Å². The Balaban J connectivity index is 0.000000441. The van der Waals surface area contributed by atoms with Crippen LogP contribution in [0.2, 0.25) is 0 Å². The highest BCUT2D eigenvalue weighted by atomic mass is 19.4. The average molecular weight is 609 g/mol. The number of nitrogens with zero attached hydrogens (tertiary/aromatic N) is 2. The molecule has 3 N–H and O–H groups in total. The van der Waals surface area contributed by atoms with Crippen LogP contribution < -0.4 is 23.9 Å². The van der Waals surface area contributed by atoms with Crippen LogP contribution in [0, 0.1) is 0 Å². The molecule has 0 radical (unpaired) electrons. The monoisotopic (exact) mass is 608 g/mol. The molecule has 13 heteroatoms. The number of para-hydroxylation sites is 2. The Kier molecular flexibility index (Phi) is 7.10. The largest absolute Gasteiger partial charge is 0.542 e. The topological polar surface area (TPSA) is 136 Å². The molecule has 228 valence electrons. The number of aryl methyl sites for hydroxylation is 1. The van der Waals surface area contributed by atoms with Crippen LogP contribution >= 0.6 is 0 Å². The number of ether oxygens (including phenoxy) is 3. The molecule has 4 aromatic heterocycles. The van der Waals surface area contributed by atoms with Gasteiger partial charge >= 0.3 is 6.18 Å². The van der Waals surface area contributed by atoms with E-state index < -0.39 is 12.1 Å². The average Bonchev–Trinajstić information content (AvgIpc) is 3.61. The van der Waals surface area contributed by atoms with Gasteiger partial charge in [0.1, 0.15) is 34.4 Å². The lowest BCUT2D eigenvalue weighted by molar-refractivity contribution is -0.725. The summed E-state index contributed by atoms with van der Waals surface area (Å²) < 4.78 is 51.1. The summed E-state index contributed by atoms with van der Waals surface area (Å²) in [5, 5.41) is 23.3. The number of fused-ring (bicyclic) bond motifs is 8. The van der Waals surface area contributed by atoms with Crippen molar-refractivity contribution in [3.05, 3.63) is 60.2 Å². The van der Waals surface area contributed by atoms with E-state index in [1.54, 1.807) is 27.4 Å². The van der Waals surface area contributed by atoms with E-state index in [0.29, 0.717) is 0 Å². The second-order valence-corrected chi connectivity index (χ2v) is 10.3. The number of carboxylic acids is 1. The molecule has 0 spiro atoms. The van der Waals surface area contributed by atoms with Crippen molar-refractivity contribution in [3.63, 3.8) is 0 Å². The Morgan fingerprint density at radius 3 is 2.20 bits per heavy atom. The molecule has 1 atom stereocenters. The second kappa shape index (κ2) is 10.8. The Morgan fingerprint density at radius 2 is 1.55 bits per heavy atom. The van der Waals surface area contributed by atoms with E-state index in [0.717, 1.165) is 85.8 Å². The first kappa shape index (κ1) is 28.9. The highest BCUT2D eigenvalue weighted by Crippen LogP contribution is 2.42. The fourth-order valence-corrected chi connectivity index (χ4v) is 6.10. The minimum atomic E-state index is -5.19. The molecule has 5 heterocycles. The fourth-order valence-electron chi connectivity index (χ4n) is 6.10. The molecule has 10 nitrogen and oxygen atoms in total. The molecule has 0 aliphatic carbocycles. The predicted molar refractivity (Wildman–Crippen MR) is 153 cm³/mol. The molecule has 0 fully saturated rings. The van der Waals surface area contributed by atoms with Crippen molar-refractivity contribution in [2.75, 3.05) is 21.3 Å². The Hall–Kier alpha value is -5.20. The highest BCUT2D eigenvalue weighted by molar-refractivity contribution is 6.13. The number of benzene rings is 2. The van der Waals surface area contributed by atoms with Crippen LogP contribution in [-0.4, -0.2) is 53.5 Å². The van der Waals surface area contributed by atoms with Crippen molar-refractivity contribution in [2.45, 2.75) is 31.5 Å². The Bertz CT molecular complexity index is 2070. The molecule has 1 aliphatic rings. The molecule has 0 amide bonds. The molecule has 44 heavy (non-hydrogen) atoms. The van der Waals surface area contributed by atoms with E-state index in [2.05, 4.69) is 26.8 Å². The van der Waals surface area contributed by atoms with Gasteiger partial charge in [0.05, 0.1) is 54.8 Å². The zero-order chi connectivity index (χ0) is 31.3. The van der Waals surface area contributed by atoms with E-state index in [-0.39, 0.29) is 11.8 Å². The maximum Gasteiger partial charge on any atom is 0.430 e. The number of carbonyl (C=O) groups excluding carboxylic acids is 1. The van der Waals surface area contributed by atoms with Crippen LogP contribution in [0.4, 0.5) is 13.2 Å². The summed E-state index contributed by atoms with van der Waals surface area (Å²) in [5.41, 5.74) is 5.69. The van der Waals surface area contributed by atoms with E-state index >= 15 is 0 Å². The van der Waals surface area contributed by atoms with Gasteiger partial charge in [0, 0.05) is 23.6 Å². The summed E-state index contributed by atoms with van der Waals surface area (Å²) in [5.74, 6) is -0.524. The van der Waals surface area contributed by atoms with Crippen LogP contribution in [0.25, 0.3) is 43.6 Å². The zero-order valence-corrected chi connectivity index (χ0v) is 23.8. The highest BCUT2D eigenvalue weighted by Gasteiger charge is 2.36. The van der Waals surface area contributed by atoms with Gasteiger partial charge in [0.2, 0.25) is 17.9 Å². The third kappa shape index (κ3) is 4.55. The summed E-state index contributed by atoms with van der Waals surface area (Å²) in [6, 6.07) is 11.6. The Labute approximate surface area is 247 Å². The normalized spacial score (nSPS) is 14.8. The molecule has 0 bridgehead atoms. The minimum absolute atomic E-state index is 0.0190. The predicted octanol–water partition coefficient (Wildman–Crippen LogP) is 4.59. The smallest absolute Gasteiger partial charge is 0.430 e. The van der Waals surface area contributed by atoms with Crippen molar-refractivity contribution in [3.8, 4) is 23.0 Å². The lowest BCUT2D eigenvalue weighted by Gasteiger charge is -2.21. The van der Waals surface area contributed by atoms with Gasteiger partial charge in [0.25, 0.3) is 0 Å². The first-order chi connectivity index (χ1) is 21.1. The lowest BCUT2D eigenvalue weighted by Crippen LogP contribution is -2.47. The number of hydrogen-bond acceptors (Lipinski definition) is 7. The van der Waals surface area contributed by atoms with Crippen molar-refractivity contribution >= 4 is 49.6 Å². The van der Waals surface area contributed by atoms with E-state index in [4.69, 9.17) is 29.1 Å². The SMILES string of the molecule is COc1cccc2c1[nH]c1c([C@H]3CCCc4c5[nH]c6c(O)cccc6c5c(OC)c[n+]43)ncc(OC)c12.O=C([O-])C(F)(F)F. The molecule has 6 aromatic rings. The third-order valence-electron chi connectivity index (χ3n) is 7.97. The number of carbonyl (C=O) groups is 1. The number of nitrogens with one attached hydrogen (secondary N) is 2. The van der Waals surface area contributed by atoms with Gasteiger partial charge in [-0.05, 0) is 18.6 Å². The summed E-state index contributed by atoms with van der Waals surface area (Å²) in [6.07, 6.45) is 1.55. The number of aliphatic carboxylic acids is 1. The number of phenolic OH excluding ortho intramolecular Hbond substituents is 1. The first-order valence-corrected chi connectivity index (χ1v) is 13.6. The second-order valence-electron chi connectivity index (χ2n) is 10.3. The van der Waals surface area contributed by atoms with Gasteiger partial charge in [-0.15, -0.1) is 0 Å².